The molecule has 0 aliphatic rings. The van der Waals surface area contributed by atoms with Gasteiger partial charge in [-0.05, 0) is 49.4 Å². The lowest BCUT2D eigenvalue weighted by molar-refractivity contribution is 0.102. The van der Waals surface area contributed by atoms with Crippen LogP contribution < -0.4 is 5.32 Å². The zero-order valence-corrected chi connectivity index (χ0v) is 14.2. The average Bonchev–Trinajstić information content (AvgIpc) is 3.25. The standard InChI is InChI=1S/C19H15FN4O2/c1-11-17-14(19(25)21-13-7-5-12(20)6-8-13)10-15(16-4-3-9-26-16)22-18(17)24(2)23-11/h3-10H,1-2H3,(H,21,25). The van der Waals surface area contributed by atoms with E-state index < -0.39 is 0 Å². The predicted molar refractivity (Wildman–Crippen MR) is 95.3 cm³/mol. The smallest absolute Gasteiger partial charge is 0.256 e. The highest BCUT2D eigenvalue weighted by Crippen LogP contribution is 2.27. The topological polar surface area (TPSA) is 73.0 Å². The third-order valence-electron chi connectivity index (χ3n) is 4.09. The van der Waals surface area contributed by atoms with Gasteiger partial charge in [0.15, 0.2) is 11.4 Å². The van der Waals surface area contributed by atoms with E-state index in [2.05, 4.69) is 15.4 Å². The lowest BCUT2D eigenvalue weighted by Gasteiger charge is -2.08. The first-order valence-corrected chi connectivity index (χ1v) is 7.98. The van der Waals surface area contributed by atoms with E-state index in [1.807, 2.05) is 6.92 Å². The third kappa shape index (κ3) is 2.73. The number of nitrogens with zero attached hydrogens (tertiary/aromatic N) is 3. The number of halogens is 1. The Labute approximate surface area is 148 Å². The van der Waals surface area contributed by atoms with Crippen LogP contribution >= 0.6 is 0 Å². The molecule has 1 amide bonds. The summed E-state index contributed by atoms with van der Waals surface area (Å²) in [6.45, 7) is 1.82. The van der Waals surface area contributed by atoms with Crippen molar-refractivity contribution < 1.29 is 13.6 Å². The van der Waals surface area contributed by atoms with Gasteiger partial charge in [-0.1, -0.05) is 0 Å². The number of hydrogen-bond acceptors (Lipinski definition) is 4. The lowest BCUT2D eigenvalue weighted by Crippen LogP contribution is -2.13. The SMILES string of the molecule is Cc1nn(C)c2nc(-c3ccco3)cc(C(=O)Nc3ccc(F)cc3)c12. The summed E-state index contributed by atoms with van der Waals surface area (Å²) >= 11 is 0. The fourth-order valence-electron chi connectivity index (χ4n) is 2.91. The number of aryl methyl sites for hydroxylation is 2. The maximum atomic E-state index is 13.1. The summed E-state index contributed by atoms with van der Waals surface area (Å²) in [5.74, 6) is -0.132. The van der Waals surface area contributed by atoms with Gasteiger partial charge in [0.05, 0.1) is 22.9 Å². The second-order valence-electron chi connectivity index (χ2n) is 5.90. The molecule has 1 aromatic carbocycles. The molecule has 0 radical (unpaired) electrons. The van der Waals surface area contributed by atoms with Gasteiger partial charge in [0.1, 0.15) is 11.5 Å². The molecule has 0 atom stereocenters. The molecule has 4 rings (SSSR count). The lowest BCUT2D eigenvalue weighted by atomic mass is 10.1. The van der Waals surface area contributed by atoms with Gasteiger partial charge in [-0.25, -0.2) is 9.37 Å². The number of nitrogens with one attached hydrogen (secondary N) is 1. The van der Waals surface area contributed by atoms with Crippen molar-refractivity contribution in [2.45, 2.75) is 6.92 Å². The molecule has 1 N–H and O–H groups in total. The van der Waals surface area contributed by atoms with Gasteiger partial charge >= 0.3 is 0 Å². The Hall–Kier alpha value is -3.48. The molecule has 0 saturated heterocycles. The van der Waals surface area contributed by atoms with E-state index in [1.54, 1.807) is 36.2 Å². The Morgan fingerprint density at radius 2 is 2.00 bits per heavy atom. The van der Waals surface area contributed by atoms with Crippen molar-refractivity contribution in [3.05, 3.63) is 65.8 Å². The molecule has 0 fully saturated rings. The van der Waals surface area contributed by atoms with Gasteiger partial charge in [-0.15, -0.1) is 0 Å². The normalized spacial score (nSPS) is 11.0. The van der Waals surface area contributed by atoms with Crippen LogP contribution in [0.5, 0.6) is 0 Å². The Balaban J connectivity index is 1.84. The van der Waals surface area contributed by atoms with E-state index in [1.165, 1.54) is 24.3 Å². The first kappa shape index (κ1) is 16.0. The highest BCUT2D eigenvalue weighted by molar-refractivity contribution is 6.13. The molecular weight excluding hydrogens is 335 g/mol. The van der Waals surface area contributed by atoms with Crippen molar-refractivity contribution in [2.75, 3.05) is 5.32 Å². The first-order chi connectivity index (χ1) is 12.5. The molecule has 4 aromatic rings. The van der Waals surface area contributed by atoms with Crippen LogP contribution in [0.3, 0.4) is 0 Å². The molecule has 0 spiro atoms. The monoisotopic (exact) mass is 350 g/mol. The first-order valence-electron chi connectivity index (χ1n) is 7.98. The molecule has 0 bridgehead atoms. The van der Waals surface area contributed by atoms with Crippen LogP contribution in [0.4, 0.5) is 10.1 Å². The number of rotatable bonds is 3. The molecule has 26 heavy (non-hydrogen) atoms. The van der Waals surface area contributed by atoms with Gasteiger partial charge < -0.3 is 9.73 Å². The van der Waals surface area contributed by atoms with Crippen LogP contribution in [0, 0.1) is 12.7 Å². The predicted octanol–water partition coefficient (Wildman–Crippen LogP) is 3.93. The maximum Gasteiger partial charge on any atom is 0.256 e. The number of carbonyl (C=O) groups excluding carboxylic acids is 1. The highest BCUT2D eigenvalue weighted by atomic mass is 19.1. The summed E-state index contributed by atoms with van der Waals surface area (Å²) in [6.07, 6.45) is 1.55. The average molecular weight is 350 g/mol. The van der Waals surface area contributed by atoms with Crippen molar-refractivity contribution in [3.8, 4) is 11.5 Å². The van der Waals surface area contributed by atoms with Crippen LogP contribution in [0.1, 0.15) is 16.1 Å². The molecule has 0 aliphatic heterocycles. The number of pyridine rings is 1. The van der Waals surface area contributed by atoms with E-state index >= 15 is 0 Å². The number of amides is 1. The fraction of sp³-hybridized carbons (Fsp3) is 0.105. The van der Waals surface area contributed by atoms with Gasteiger partial charge in [-0.3, -0.25) is 9.48 Å². The van der Waals surface area contributed by atoms with Crippen molar-refractivity contribution >= 4 is 22.6 Å². The summed E-state index contributed by atoms with van der Waals surface area (Å²) in [7, 11) is 1.77. The van der Waals surface area contributed by atoms with Crippen LogP contribution in [0.25, 0.3) is 22.5 Å². The van der Waals surface area contributed by atoms with Gasteiger partial charge in [0.25, 0.3) is 5.91 Å². The number of carbonyl (C=O) groups is 1. The second-order valence-corrected chi connectivity index (χ2v) is 5.90. The summed E-state index contributed by atoms with van der Waals surface area (Å²) in [4.78, 5) is 17.5. The minimum absolute atomic E-state index is 0.326. The summed E-state index contributed by atoms with van der Waals surface area (Å²) in [6, 6.07) is 10.8. The molecule has 3 aromatic heterocycles. The number of anilines is 1. The quantitative estimate of drug-likeness (QED) is 0.608. The van der Waals surface area contributed by atoms with Crippen molar-refractivity contribution in [3.63, 3.8) is 0 Å². The van der Waals surface area contributed by atoms with Crippen molar-refractivity contribution in [2.24, 2.45) is 7.05 Å². The Kier molecular flexibility index (Phi) is 3.76. The molecule has 3 heterocycles. The number of furan rings is 1. The van der Waals surface area contributed by atoms with Crippen LogP contribution in [-0.2, 0) is 7.05 Å². The second kappa shape index (κ2) is 6.11. The number of aromatic nitrogens is 3. The van der Waals surface area contributed by atoms with Gasteiger partial charge in [0.2, 0.25) is 0 Å². The van der Waals surface area contributed by atoms with Gasteiger partial charge in [-0.2, -0.15) is 5.10 Å². The number of benzene rings is 1. The van der Waals surface area contributed by atoms with E-state index in [0.717, 1.165) is 0 Å². The van der Waals surface area contributed by atoms with Crippen LogP contribution in [0.15, 0.2) is 53.1 Å². The maximum absolute atomic E-state index is 13.1. The Bertz CT molecular complexity index is 1100. The molecule has 0 unspecified atom stereocenters. The molecule has 6 nitrogen and oxygen atoms in total. The summed E-state index contributed by atoms with van der Waals surface area (Å²) < 4.78 is 20.1. The van der Waals surface area contributed by atoms with E-state index in [-0.39, 0.29) is 11.7 Å². The van der Waals surface area contributed by atoms with E-state index in [0.29, 0.717) is 39.4 Å². The van der Waals surface area contributed by atoms with Gasteiger partial charge in [0, 0.05) is 12.7 Å². The molecule has 7 heteroatoms. The van der Waals surface area contributed by atoms with Crippen molar-refractivity contribution in [1.29, 1.82) is 0 Å². The van der Waals surface area contributed by atoms with Crippen LogP contribution in [0.2, 0.25) is 0 Å². The minimum Gasteiger partial charge on any atom is -0.463 e. The molecular formula is C19H15FN4O2. The Morgan fingerprint density at radius 1 is 1.23 bits per heavy atom. The zero-order chi connectivity index (χ0) is 18.3. The Morgan fingerprint density at radius 3 is 2.69 bits per heavy atom. The zero-order valence-electron chi connectivity index (χ0n) is 14.2. The third-order valence-corrected chi connectivity index (χ3v) is 4.09. The van der Waals surface area contributed by atoms with Crippen LogP contribution in [-0.4, -0.2) is 20.7 Å². The molecule has 130 valence electrons. The van der Waals surface area contributed by atoms with E-state index in [4.69, 9.17) is 4.42 Å². The largest absolute Gasteiger partial charge is 0.463 e. The number of hydrogen-bond donors (Lipinski definition) is 1. The minimum atomic E-state index is -0.363. The molecule has 0 saturated carbocycles. The summed E-state index contributed by atoms with van der Waals surface area (Å²) in [5.41, 5.74) is 2.75. The van der Waals surface area contributed by atoms with Crippen molar-refractivity contribution in [1.82, 2.24) is 14.8 Å². The summed E-state index contributed by atoms with van der Waals surface area (Å²) in [5, 5.41) is 7.82. The fourth-order valence-corrected chi connectivity index (χ4v) is 2.91. The van der Waals surface area contributed by atoms with E-state index in [9.17, 15) is 9.18 Å². The number of fused-ring (bicyclic) bond motifs is 1. The molecule has 0 aliphatic carbocycles. The highest BCUT2D eigenvalue weighted by Gasteiger charge is 2.20.